The molecule has 0 spiro atoms. The molecule has 0 radical (unpaired) electrons. The lowest BCUT2D eigenvalue weighted by atomic mass is 9.95. The Balaban J connectivity index is 1.48. The standard InChI is InChI=1S/C23H28N2O3S/c1-16-3-5-17(6-4-16)15-25(29(2,27)28)21-11-9-19(10-12-21)23(26)24-22-14-18-7-8-20(22)13-18/h3-6,9-12,18,20,22H,7-8,13-15H2,1-2H3,(H,24,26)/t18-,20+,22+/m0/s1. The van der Waals surface area contributed by atoms with Gasteiger partial charge in [0.15, 0.2) is 0 Å². The Morgan fingerprint density at radius 3 is 2.28 bits per heavy atom. The molecule has 2 aromatic carbocycles. The van der Waals surface area contributed by atoms with Crippen molar-refractivity contribution in [2.24, 2.45) is 11.8 Å². The van der Waals surface area contributed by atoms with Crippen LogP contribution in [0.4, 0.5) is 5.69 Å². The highest BCUT2D eigenvalue weighted by molar-refractivity contribution is 7.92. The van der Waals surface area contributed by atoms with E-state index in [9.17, 15) is 13.2 Å². The lowest BCUT2D eigenvalue weighted by molar-refractivity contribution is 0.0923. The molecule has 3 atom stereocenters. The number of rotatable bonds is 6. The van der Waals surface area contributed by atoms with E-state index in [1.54, 1.807) is 24.3 Å². The molecule has 154 valence electrons. The highest BCUT2D eigenvalue weighted by Crippen LogP contribution is 2.44. The normalized spacial score (nSPS) is 23.2. The quantitative estimate of drug-likeness (QED) is 0.783. The van der Waals surface area contributed by atoms with E-state index >= 15 is 0 Å². The summed E-state index contributed by atoms with van der Waals surface area (Å²) in [6, 6.07) is 15.0. The van der Waals surface area contributed by atoms with Crippen molar-refractivity contribution >= 4 is 21.6 Å². The van der Waals surface area contributed by atoms with E-state index < -0.39 is 10.0 Å². The molecule has 0 unspecified atom stereocenters. The summed E-state index contributed by atoms with van der Waals surface area (Å²) in [5, 5.41) is 3.18. The van der Waals surface area contributed by atoms with E-state index in [1.165, 1.54) is 29.8 Å². The van der Waals surface area contributed by atoms with Gasteiger partial charge in [0, 0.05) is 11.6 Å². The first-order valence-electron chi connectivity index (χ1n) is 10.2. The molecule has 0 heterocycles. The van der Waals surface area contributed by atoms with Crippen LogP contribution in [0.5, 0.6) is 0 Å². The molecular weight excluding hydrogens is 384 g/mol. The van der Waals surface area contributed by atoms with Gasteiger partial charge in [0.1, 0.15) is 0 Å². The number of sulfonamides is 1. The van der Waals surface area contributed by atoms with E-state index in [2.05, 4.69) is 5.32 Å². The predicted octanol–water partition coefficient (Wildman–Crippen LogP) is 3.88. The zero-order valence-electron chi connectivity index (χ0n) is 17.0. The number of hydrogen-bond acceptors (Lipinski definition) is 3. The predicted molar refractivity (Wildman–Crippen MR) is 115 cm³/mol. The SMILES string of the molecule is Cc1ccc(CN(c2ccc(C(=O)N[C@@H]3C[C@H]4CC[C@@H]3C4)cc2)S(C)(=O)=O)cc1. The van der Waals surface area contributed by atoms with Crippen LogP contribution in [0.1, 0.15) is 47.2 Å². The highest BCUT2D eigenvalue weighted by Gasteiger charge is 2.40. The molecule has 5 nitrogen and oxygen atoms in total. The van der Waals surface area contributed by atoms with Gasteiger partial charge >= 0.3 is 0 Å². The maximum absolute atomic E-state index is 12.6. The first kappa shape index (κ1) is 20.0. The Morgan fingerprint density at radius 2 is 1.72 bits per heavy atom. The second kappa shape index (κ2) is 7.82. The third-order valence-electron chi connectivity index (χ3n) is 6.32. The minimum atomic E-state index is -3.45. The van der Waals surface area contributed by atoms with Crippen LogP contribution < -0.4 is 9.62 Å². The van der Waals surface area contributed by atoms with Crippen LogP contribution >= 0.6 is 0 Å². The summed E-state index contributed by atoms with van der Waals surface area (Å²) in [4.78, 5) is 12.6. The van der Waals surface area contributed by atoms with Crippen molar-refractivity contribution in [2.45, 2.75) is 45.2 Å². The maximum Gasteiger partial charge on any atom is 0.251 e. The molecule has 2 saturated carbocycles. The van der Waals surface area contributed by atoms with Gasteiger partial charge in [-0.15, -0.1) is 0 Å². The Kier molecular flexibility index (Phi) is 5.38. The molecule has 0 aromatic heterocycles. The van der Waals surface area contributed by atoms with E-state index in [-0.39, 0.29) is 18.5 Å². The monoisotopic (exact) mass is 412 g/mol. The van der Waals surface area contributed by atoms with E-state index in [1.807, 2.05) is 31.2 Å². The molecule has 2 fully saturated rings. The van der Waals surface area contributed by atoms with Gasteiger partial charge in [-0.05, 0) is 67.9 Å². The zero-order chi connectivity index (χ0) is 20.6. The van der Waals surface area contributed by atoms with E-state index in [0.29, 0.717) is 17.2 Å². The molecule has 0 saturated heterocycles. The number of hydrogen-bond donors (Lipinski definition) is 1. The molecule has 2 aliphatic rings. The van der Waals surface area contributed by atoms with Crippen molar-refractivity contribution < 1.29 is 13.2 Å². The summed E-state index contributed by atoms with van der Waals surface area (Å²) >= 11 is 0. The highest BCUT2D eigenvalue weighted by atomic mass is 32.2. The lowest BCUT2D eigenvalue weighted by Gasteiger charge is -2.24. The molecule has 2 aromatic rings. The topological polar surface area (TPSA) is 66.5 Å². The minimum absolute atomic E-state index is 0.0708. The third-order valence-corrected chi connectivity index (χ3v) is 7.46. The molecule has 4 rings (SSSR count). The largest absolute Gasteiger partial charge is 0.349 e. The fraction of sp³-hybridized carbons (Fsp3) is 0.435. The average Bonchev–Trinajstić information content (AvgIpc) is 3.30. The summed E-state index contributed by atoms with van der Waals surface area (Å²) in [7, 11) is -3.45. The Hall–Kier alpha value is -2.34. The molecule has 2 bridgehead atoms. The van der Waals surface area contributed by atoms with Crippen molar-refractivity contribution in [3.8, 4) is 0 Å². The van der Waals surface area contributed by atoms with E-state index in [0.717, 1.165) is 23.5 Å². The summed E-state index contributed by atoms with van der Waals surface area (Å²) in [6.07, 6.45) is 6.06. The van der Waals surface area contributed by atoms with Crippen molar-refractivity contribution in [3.05, 3.63) is 65.2 Å². The molecular formula is C23H28N2O3S. The fourth-order valence-electron chi connectivity index (χ4n) is 4.71. The van der Waals surface area contributed by atoms with Crippen molar-refractivity contribution in [3.63, 3.8) is 0 Å². The molecule has 1 N–H and O–H groups in total. The number of anilines is 1. The van der Waals surface area contributed by atoms with Gasteiger partial charge in [0.25, 0.3) is 5.91 Å². The second-order valence-corrected chi connectivity index (χ2v) is 10.5. The van der Waals surface area contributed by atoms with Gasteiger partial charge in [0.2, 0.25) is 10.0 Å². The smallest absolute Gasteiger partial charge is 0.251 e. The summed E-state index contributed by atoms with van der Waals surface area (Å²) in [5.74, 6) is 1.33. The summed E-state index contributed by atoms with van der Waals surface area (Å²) < 4.78 is 26.1. The number of nitrogens with zero attached hydrogens (tertiary/aromatic N) is 1. The van der Waals surface area contributed by atoms with Crippen molar-refractivity contribution in [2.75, 3.05) is 10.6 Å². The van der Waals surface area contributed by atoms with Gasteiger partial charge in [0.05, 0.1) is 18.5 Å². The first-order chi connectivity index (χ1) is 13.8. The van der Waals surface area contributed by atoms with Crippen LogP contribution in [-0.2, 0) is 16.6 Å². The second-order valence-electron chi connectivity index (χ2n) is 8.56. The van der Waals surface area contributed by atoms with Crippen molar-refractivity contribution in [1.82, 2.24) is 5.32 Å². The zero-order valence-corrected chi connectivity index (χ0v) is 17.8. The van der Waals surface area contributed by atoms with E-state index in [4.69, 9.17) is 0 Å². The van der Waals surface area contributed by atoms with Crippen LogP contribution in [0.25, 0.3) is 0 Å². The van der Waals surface area contributed by atoms with Crippen LogP contribution in [0.15, 0.2) is 48.5 Å². The number of nitrogens with one attached hydrogen (secondary N) is 1. The number of fused-ring (bicyclic) bond motifs is 2. The summed E-state index contributed by atoms with van der Waals surface area (Å²) in [5.41, 5.74) is 3.18. The van der Waals surface area contributed by atoms with Gasteiger partial charge < -0.3 is 5.32 Å². The molecule has 2 aliphatic carbocycles. The van der Waals surface area contributed by atoms with Gasteiger partial charge in [-0.2, -0.15) is 0 Å². The van der Waals surface area contributed by atoms with Gasteiger partial charge in [-0.25, -0.2) is 8.42 Å². The van der Waals surface area contributed by atoms with Crippen molar-refractivity contribution in [1.29, 1.82) is 0 Å². The summed E-state index contributed by atoms with van der Waals surface area (Å²) in [6.45, 7) is 2.26. The first-order valence-corrected chi connectivity index (χ1v) is 12.1. The number of amides is 1. The van der Waals surface area contributed by atoms with Crippen LogP contribution in [0, 0.1) is 18.8 Å². The Labute approximate surface area is 173 Å². The van der Waals surface area contributed by atoms with Gasteiger partial charge in [-0.1, -0.05) is 36.2 Å². The number of carbonyl (C=O) groups excluding carboxylic acids is 1. The Morgan fingerprint density at radius 1 is 1.03 bits per heavy atom. The minimum Gasteiger partial charge on any atom is -0.349 e. The number of aryl methyl sites for hydroxylation is 1. The molecule has 1 amide bonds. The number of benzene rings is 2. The molecule has 29 heavy (non-hydrogen) atoms. The molecule has 0 aliphatic heterocycles. The number of carbonyl (C=O) groups is 1. The van der Waals surface area contributed by atoms with Crippen LogP contribution in [0.3, 0.4) is 0 Å². The van der Waals surface area contributed by atoms with Crippen LogP contribution in [-0.4, -0.2) is 26.6 Å². The van der Waals surface area contributed by atoms with Crippen LogP contribution in [0.2, 0.25) is 0 Å². The fourth-order valence-corrected chi connectivity index (χ4v) is 5.60. The maximum atomic E-state index is 12.6. The third kappa shape index (κ3) is 4.47. The van der Waals surface area contributed by atoms with Gasteiger partial charge in [-0.3, -0.25) is 9.10 Å². The molecule has 6 heteroatoms. The lowest BCUT2D eigenvalue weighted by Crippen LogP contribution is -2.38. The average molecular weight is 413 g/mol. The Bertz CT molecular complexity index is 984.